The van der Waals surface area contributed by atoms with Crippen molar-refractivity contribution in [2.45, 2.75) is 44.7 Å². The lowest BCUT2D eigenvalue weighted by Gasteiger charge is -2.38. The Bertz CT molecular complexity index is 1510. The van der Waals surface area contributed by atoms with Crippen LogP contribution in [0.5, 0.6) is 0 Å². The SMILES string of the molecule is COC(=O)CCCn1ccc2c(C(=O)N3CCC4(CC3)CN/C(=N\C(=O)c3nc(C)c(N)nc3N)N4)cccc21. The number of esters is 1. The van der Waals surface area contributed by atoms with E-state index in [2.05, 4.69) is 30.2 Å². The van der Waals surface area contributed by atoms with Gasteiger partial charge in [-0.2, -0.15) is 4.99 Å². The Balaban J connectivity index is 1.22. The summed E-state index contributed by atoms with van der Waals surface area (Å²) < 4.78 is 6.78. The van der Waals surface area contributed by atoms with E-state index in [1.165, 1.54) is 7.11 Å². The number of nitrogens with zero attached hydrogens (tertiary/aromatic N) is 5. The van der Waals surface area contributed by atoms with Crippen molar-refractivity contribution in [1.82, 2.24) is 30.1 Å². The molecule has 40 heavy (non-hydrogen) atoms. The van der Waals surface area contributed by atoms with Crippen molar-refractivity contribution in [2.75, 3.05) is 38.2 Å². The fourth-order valence-electron chi connectivity index (χ4n) is 5.23. The smallest absolute Gasteiger partial charge is 0.305 e. The van der Waals surface area contributed by atoms with Crippen LogP contribution in [-0.2, 0) is 16.1 Å². The van der Waals surface area contributed by atoms with Crippen LogP contribution in [-0.4, -0.2) is 75.5 Å². The molecule has 2 fully saturated rings. The number of carbonyl (C=O) groups excluding carboxylic acids is 3. The van der Waals surface area contributed by atoms with Gasteiger partial charge in [0.1, 0.15) is 5.82 Å². The average Bonchev–Trinajstić information content (AvgIpc) is 3.54. The second kappa shape index (κ2) is 10.8. The average molecular weight is 548 g/mol. The van der Waals surface area contributed by atoms with Crippen molar-refractivity contribution in [1.29, 1.82) is 0 Å². The topological polar surface area (TPSA) is 183 Å². The number of ether oxygens (including phenoxy) is 1. The monoisotopic (exact) mass is 547 g/mol. The molecule has 0 aliphatic carbocycles. The predicted octanol–water partition coefficient (Wildman–Crippen LogP) is 1.22. The zero-order chi connectivity index (χ0) is 28.4. The predicted molar refractivity (Wildman–Crippen MR) is 150 cm³/mol. The van der Waals surface area contributed by atoms with Crippen LogP contribution in [0.25, 0.3) is 10.9 Å². The zero-order valence-electron chi connectivity index (χ0n) is 22.6. The highest BCUT2D eigenvalue weighted by molar-refractivity contribution is 6.07. The Kier molecular flexibility index (Phi) is 7.28. The molecular weight excluding hydrogens is 514 g/mol. The molecule has 2 saturated heterocycles. The first-order valence-electron chi connectivity index (χ1n) is 13.2. The van der Waals surface area contributed by atoms with Crippen LogP contribution >= 0.6 is 0 Å². The van der Waals surface area contributed by atoms with Crippen LogP contribution in [0.2, 0.25) is 0 Å². The molecule has 5 rings (SSSR count). The van der Waals surface area contributed by atoms with E-state index in [4.69, 9.17) is 16.2 Å². The minimum absolute atomic E-state index is 0.0180. The summed E-state index contributed by atoms with van der Waals surface area (Å²) in [6, 6.07) is 7.68. The molecule has 1 spiro atoms. The van der Waals surface area contributed by atoms with Gasteiger partial charge in [0.05, 0.1) is 18.3 Å². The number of amides is 2. The second-order valence-corrected chi connectivity index (χ2v) is 10.2. The molecule has 2 amide bonds. The van der Waals surface area contributed by atoms with E-state index in [-0.39, 0.29) is 34.7 Å². The van der Waals surface area contributed by atoms with Gasteiger partial charge in [-0.15, -0.1) is 0 Å². The molecule has 0 unspecified atom stereocenters. The first-order valence-corrected chi connectivity index (χ1v) is 13.2. The van der Waals surface area contributed by atoms with Gasteiger partial charge in [0.15, 0.2) is 17.5 Å². The first kappa shape index (κ1) is 26.9. The third-order valence-corrected chi connectivity index (χ3v) is 7.59. The van der Waals surface area contributed by atoms with Crippen LogP contribution < -0.4 is 22.1 Å². The summed E-state index contributed by atoms with van der Waals surface area (Å²) in [4.78, 5) is 51.8. The maximum Gasteiger partial charge on any atom is 0.305 e. The number of hydrogen-bond acceptors (Lipinski definition) is 8. The molecule has 6 N–H and O–H groups in total. The van der Waals surface area contributed by atoms with Gasteiger partial charge < -0.3 is 36.3 Å². The van der Waals surface area contributed by atoms with Gasteiger partial charge >= 0.3 is 11.9 Å². The Hall–Kier alpha value is -4.68. The van der Waals surface area contributed by atoms with Crippen molar-refractivity contribution in [3.8, 4) is 0 Å². The first-order chi connectivity index (χ1) is 19.2. The number of fused-ring (bicyclic) bond motifs is 1. The molecule has 0 atom stereocenters. The molecular formula is C27H33N9O4. The lowest BCUT2D eigenvalue weighted by molar-refractivity contribution is -0.140. The summed E-state index contributed by atoms with van der Waals surface area (Å²) in [5.74, 6) is -0.414. The van der Waals surface area contributed by atoms with Crippen molar-refractivity contribution in [2.24, 2.45) is 4.99 Å². The molecule has 0 bridgehead atoms. The number of benzene rings is 1. The third kappa shape index (κ3) is 5.26. The quantitative estimate of drug-likeness (QED) is 0.327. The van der Waals surface area contributed by atoms with Gasteiger partial charge in [-0.05, 0) is 44.4 Å². The number of aliphatic imine (C=N–C) groups is 1. The van der Waals surface area contributed by atoms with E-state index in [9.17, 15) is 14.4 Å². The van der Waals surface area contributed by atoms with Gasteiger partial charge in [-0.25, -0.2) is 9.97 Å². The van der Waals surface area contributed by atoms with Crippen molar-refractivity contribution >= 4 is 46.3 Å². The number of piperidine rings is 1. The van der Waals surface area contributed by atoms with Gasteiger partial charge in [0.2, 0.25) is 0 Å². The number of carbonyl (C=O) groups is 3. The Morgan fingerprint density at radius 3 is 2.65 bits per heavy atom. The van der Waals surface area contributed by atoms with E-state index in [1.54, 1.807) is 6.92 Å². The van der Waals surface area contributed by atoms with Crippen molar-refractivity contribution < 1.29 is 19.1 Å². The van der Waals surface area contributed by atoms with Gasteiger partial charge in [-0.3, -0.25) is 14.4 Å². The number of nitrogens with one attached hydrogen (secondary N) is 2. The van der Waals surface area contributed by atoms with E-state index < -0.39 is 5.91 Å². The minimum Gasteiger partial charge on any atom is -0.469 e. The number of aromatic nitrogens is 3. The van der Waals surface area contributed by atoms with Crippen molar-refractivity contribution in [3.05, 3.63) is 47.4 Å². The fraction of sp³-hybridized carbons (Fsp3) is 0.407. The molecule has 210 valence electrons. The fourth-order valence-corrected chi connectivity index (χ4v) is 5.23. The number of hydrogen-bond donors (Lipinski definition) is 4. The molecule has 0 saturated carbocycles. The number of methoxy groups -OCH3 is 1. The van der Waals surface area contributed by atoms with Gasteiger partial charge in [0, 0.05) is 55.3 Å². The third-order valence-electron chi connectivity index (χ3n) is 7.59. The maximum absolute atomic E-state index is 13.5. The minimum atomic E-state index is -0.613. The number of nitrogens with two attached hydrogens (primary N) is 2. The summed E-state index contributed by atoms with van der Waals surface area (Å²) in [6.45, 7) is 3.99. The largest absolute Gasteiger partial charge is 0.469 e. The van der Waals surface area contributed by atoms with Crippen LogP contribution in [0.4, 0.5) is 11.6 Å². The summed E-state index contributed by atoms with van der Waals surface area (Å²) >= 11 is 0. The van der Waals surface area contributed by atoms with Crippen LogP contribution in [0.1, 0.15) is 52.2 Å². The Morgan fingerprint density at radius 2 is 1.90 bits per heavy atom. The Labute approximate surface area is 231 Å². The highest BCUT2D eigenvalue weighted by Gasteiger charge is 2.41. The number of rotatable bonds is 6. The summed E-state index contributed by atoms with van der Waals surface area (Å²) in [6.07, 6.45) is 4.32. The molecule has 2 aromatic heterocycles. The van der Waals surface area contributed by atoms with Crippen molar-refractivity contribution in [3.63, 3.8) is 0 Å². The molecule has 2 aliphatic heterocycles. The normalized spacial score (nSPS) is 17.1. The summed E-state index contributed by atoms with van der Waals surface area (Å²) in [7, 11) is 1.39. The number of anilines is 2. The molecule has 1 aromatic carbocycles. The molecule has 13 nitrogen and oxygen atoms in total. The number of aryl methyl sites for hydroxylation is 2. The molecule has 13 heteroatoms. The number of guanidine groups is 1. The van der Waals surface area contributed by atoms with Gasteiger partial charge in [-0.1, -0.05) is 6.07 Å². The number of likely N-dealkylation sites (tertiary alicyclic amines) is 1. The Morgan fingerprint density at radius 1 is 1.12 bits per heavy atom. The van der Waals surface area contributed by atoms with Gasteiger partial charge in [0.25, 0.3) is 5.91 Å². The summed E-state index contributed by atoms with van der Waals surface area (Å²) in [5, 5.41) is 7.40. The molecule has 0 radical (unpaired) electrons. The summed E-state index contributed by atoms with van der Waals surface area (Å²) in [5.41, 5.74) is 13.2. The highest BCUT2D eigenvalue weighted by Crippen LogP contribution is 2.28. The lowest BCUT2D eigenvalue weighted by Crippen LogP contribution is -2.53. The highest BCUT2D eigenvalue weighted by atomic mass is 16.5. The van der Waals surface area contributed by atoms with E-state index in [1.807, 2.05) is 35.4 Å². The van der Waals surface area contributed by atoms with Crippen LogP contribution in [0.15, 0.2) is 35.5 Å². The van der Waals surface area contributed by atoms with E-state index >= 15 is 0 Å². The molecule has 4 heterocycles. The van der Waals surface area contributed by atoms with E-state index in [0.717, 1.165) is 10.9 Å². The molecule has 3 aromatic rings. The van der Waals surface area contributed by atoms with Crippen LogP contribution in [0, 0.1) is 6.92 Å². The lowest BCUT2D eigenvalue weighted by atomic mass is 9.88. The standard InChI is InChI=1S/C27H33N9O4/c1-16-22(28)32-23(29)21(31-16)24(38)33-26-30-15-27(34-26)9-13-36(14-10-27)25(39)18-5-3-6-19-17(18)8-12-35(19)11-4-7-20(37)40-2/h3,5-6,8,12H,4,7,9-11,13-15H2,1-2H3,(H4,28,29,32)(H2,30,33,34,38). The van der Waals surface area contributed by atoms with E-state index in [0.29, 0.717) is 69.1 Å². The maximum atomic E-state index is 13.5. The number of nitrogen functional groups attached to an aromatic ring is 2. The van der Waals surface area contributed by atoms with Crippen LogP contribution in [0.3, 0.4) is 0 Å². The second-order valence-electron chi connectivity index (χ2n) is 10.2. The zero-order valence-corrected chi connectivity index (χ0v) is 22.6. The molecule has 2 aliphatic rings.